The molecule has 0 radical (unpaired) electrons. The van der Waals surface area contributed by atoms with Crippen LogP contribution in [0.15, 0.2) is 73.3 Å². The molecule has 0 unspecified atom stereocenters. The van der Waals surface area contributed by atoms with Gasteiger partial charge in [0.15, 0.2) is 0 Å². The van der Waals surface area contributed by atoms with Gasteiger partial charge in [-0.1, -0.05) is 0 Å². The minimum atomic E-state index is 0.513. The zero-order chi connectivity index (χ0) is 17.8. The minimum Gasteiger partial charge on any atom is -0.489 e. The molecule has 0 amide bonds. The highest BCUT2D eigenvalue weighted by Gasteiger charge is 2.05. The van der Waals surface area contributed by atoms with E-state index in [1.165, 1.54) is 0 Å². The summed E-state index contributed by atoms with van der Waals surface area (Å²) in [6.45, 7) is 2.48. The van der Waals surface area contributed by atoms with E-state index in [0.717, 1.165) is 39.3 Å². The quantitative estimate of drug-likeness (QED) is 0.572. The Kier molecular flexibility index (Phi) is 4.43. The van der Waals surface area contributed by atoms with E-state index in [0.29, 0.717) is 6.61 Å². The summed E-state index contributed by atoms with van der Waals surface area (Å²) < 4.78 is 5.89. The number of hydrogen-bond acceptors (Lipinski definition) is 5. The van der Waals surface area contributed by atoms with E-state index in [1.54, 1.807) is 18.6 Å². The molecule has 5 nitrogen and oxygen atoms in total. The number of nitrogens with zero attached hydrogens (tertiary/aromatic N) is 3. The molecule has 0 saturated heterocycles. The van der Waals surface area contributed by atoms with Crippen LogP contribution in [0.1, 0.15) is 11.3 Å². The van der Waals surface area contributed by atoms with Gasteiger partial charge >= 0.3 is 0 Å². The normalized spacial score (nSPS) is 10.7. The Bertz CT molecular complexity index is 1020. The van der Waals surface area contributed by atoms with Gasteiger partial charge in [-0.2, -0.15) is 0 Å². The van der Waals surface area contributed by atoms with Crippen LogP contribution >= 0.6 is 0 Å². The van der Waals surface area contributed by atoms with Crippen LogP contribution in [0.3, 0.4) is 0 Å². The van der Waals surface area contributed by atoms with Gasteiger partial charge in [0.1, 0.15) is 18.2 Å². The monoisotopic (exact) mass is 342 g/mol. The van der Waals surface area contributed by atoms with Crippen LogP contribution in [0.25, 0.3) is 10.8 Å². The summed E-state index contributed by atoms with van der Waals surface area (Å²) in [6, 6.07) is 15.8. The fourth-order valence-corrected chi connectivity index (χ4v) is 2.67. The lowest BCUT2D eigenvalue weighted by molar-refractivity contribution is 0.306. The molecule has 4 rings (SSSR count). The molecule has 0 saturated carbocycles. The van der Waals surface area contributed by atoms with Gasteiger partial charge in [0.05, 0.1) is 11.9 Å². The second-order valence-electron chi connectivity index (χ2n) is 6.00. The standard InChI is InChI=1S/C21H18N4O/c1-15-2-3-18(13-24-15)25-21-20-5-4-19(12-17(20)8-11-23-21)26-14-16-6-9-22-10-7-16/h2-13H,14H2,1H3,(H,23,25). The lowest BCUT2D eigenvalue weighted by Gasteiger charge is -2.11. The highest BCUT2D eigenvalue weighted by atomic mass is 16.5. The topological polar surface area (TPSA) is 59.9 Å². The minimum absolute atomic E-state index is 0.513. The number of pyridine rings is 3. The second-order valence-corrected chi connectivity index (χ2v) is 6.00. The SMILES string of the molecule is Cc1ccc(Nc2nccc3cc(OCc4ccncc4)ccc23)cn1. The van der Waals surface area contributed by atoms with Gasteiger partial charge < -0.3 is 10.1 Å². The largest absolute Gasteiger partial charge is 0.489 e. The maximum Gasteiger partial charge on any atom is 0.138 e. The highest BCUT2D eigenvalue weighted by Crippen LogP contribution is 2.27. The van der Waals surface area contributed by atoms with Crippen molar-refractivity contribution in [1.82, 2.24) is 15.0 Å². The van der Waals surface area contributed by atoms with Crippen molar-refractivity contribution in [3.8, 4) is 5.75 Å². The van der Waals surface area contributed by atoms with E-state index >= 15 is 0 Å². The summed E-state index contributed by atoms with van der Waals surface area (Å²) >= 11 is 0. The second kappa shape index (κ2) is 7.19. The van der Waals surface area contributed by atoms with E-state index < -0.39 is 0 Å². The summed E-state index contributed by atoms with van der Waals surface area (Å²) in [5.74, 6) is 1.62. The first-order valence-corrected chi connectivity index (χ1v) is 8.38. The molecular formula is C21H18N4O. The molecule has 1 aromatic carbocycles. The van der Waals surface area contributed by atoms with Crippen LogP contribution in [-0.4, -0.2) is 15.0 Å². The molecule has 1 N–H and O–H groups in total. The molecule has 128 valence electrons. The van der Waals surface area contributed by atoms with E-state index in [4.69, 9.17) is 4.74 Å². The maximum absolute atomic E-state index is 5.89. The zero-order valence-electron chi connectivity index (χ0n) is 14.4. The number of rotatable bonds is 5. The van der Waals surface area contributed by atoms with Crippen LogP contribution in [0, 0.1) is 6.92 Å². The van der Waals surface area contributed by atoms with Gasteiger partial charge in [-0.05, 0) is 66.4 Å². The van der Waals surface area contributed by atoms with Crippen LogP contribution in [-0.2, 0) is 6.61 Å². The molecule has 0 aliphatic carbocycles. The van der Waals surface area contributed by atoms with Gasteiger partial charge in [0, 0.05) is 29.7 Å². The van der Waals surface area contributed by atoms with E-state index in [-0.39, 0.29) is 0 Å². The van der Waals surface area contributed by atoms with Crippen molar-refractivity contribution in [2.45, 2.75) is 13.5 Å². The van der Waals surface area contributed by atoms with Crippen LogP contribution in [0.5, 0.6) is 5.75 Å². The number of ether oxygens (including phenoxy) is 1. The summed E-state index contributed by atoms with van der Waals surface area (Å²) in [6.07, 6.45) is 7.13. The van der Waals surface area contributed by atoms with Crippen molar-refractivity contribution in [2.75, 3.05) is 5.32 Å². The number of benzene rings is 1. The predicted octanol–water partition coefficient (Wildman–Crippen LogP) is 4.66. The van der Waals surface area contributed by atoms with Gasteiger partial charge in [0.2, 0.25) is 0 Å². The Labute approximate surface area is 151 Å². The van der Waals surface area contributed by atoms with E-state index in [2.05, 4.69) is 20.3 Å². The van der Waals surface area contributed by atoms with Crippen molar-refractivity contribution in [1.29, 1.82) is 0 Å². The smallest absolute Gasteiger partial charge is 0.138 e. The molecule has 26 heavy (non-hydrogen) atoms. The average Bonchev–Trinajstić information content (AvgIpc) is 2.69. The molecular weight excluding hydrogens is 324 g/mol. The van der Waals surface area contributed by atoms with E-state index in [1.807, 2.05) is 61.7 Å². The first kappa shape index (κ1) is 16.0. The summed E-state index contributed by atoms with van der Waals surface area (Å²) in [5.41, 5.74) is 2.98. The number of fused-ring (bicyclic) bond motifs is 1. The number of hydrogen-bond donors (Lipinski definition) is 1. The molecule has 0 spiro atoms. The fourth-order valence-electron chi connectivity index (χ4n) is 2.67. The first-order valence-electron chi connectivity index (χ1n) is 8.38. The van der Waals surface area contributed by atoms with Crippen molar-refractivity contribution in [2.24, 2.45) is 0 Å². The summed E-state index contributed by atoms with van der Waals surface area (Å²) in [5, 5.41) is 5.43. The number of anilines is 2. The lowest BCUT2D eigenvalue weighted by atomic mass is 10.1. The van der Waals surface area contributed by atoms with Gasteiger partial charge in [0.25, 0.3) is 0 Å². The third-order valence-corrected chi connectivity index (χ3v) is 4.06. The van der Waals surface area contributed by atoms with Crippen LogP contribution in [0.4, 0.5) is 11.5 Å². The third-order valence-electron chi connectivity index (χ3n) is 4.06. The molecule has 5 heteroatoms. The van der Waals surface area contributed by atoms with Crippen molar-refractivity contribution in [3.63, 3.8) is 0 Å². The number of nitrogens with one attached hydrogen (secondary N) is 1. The first-order chi connectivity index (χ1) is 12.8. The van der Waals surface area contributed by atoms with Crippen molar-refractivity contribution >= 4 is 22.3 Å². The Morgan fingerprint density at radius 2 is 1.81 bits per heavy atom. The fraction of sp³-hybridized carbons (Fsp3) is 0.0952. The molecule has 0 aliphatic heterocycles. The Balaban J connectivity index is 1.56. The highest BCUT2D eigenvalue weighted by molar-refractivity contribution is 5.94. The summed E-state index contributed by atoms with van der Waals surface area (Å²) in [7, 11) is 0. The zero-order valence-corrected chi connectivity index (χ0v) is 14.4. The van der Waals surface area contributed by atoms with Crippen LogP contribution in [0.2, 0.25) is 0 Å². The Morgan fingerprint density at radius 1 is 0.923 bits per heavy atom. The molecule has 3 aromatic heterocycles. The molecule has 4 aromatic rings. The average molecular weight is 342 g/mol. The van der Waals surface area contributed by atoms with Crippen molar-refractivity contribution in [3.05, 3.63) is 84.6 Å². The van der Waals surface area contributed by atoms with Gasteiger partial charge in [-0.3, -0.25) is 9.97 Å². The number of aromatic nitrogens is 3. The Morgan fingerprint density at radius 3 is 2.62 bits per heavy atom. The van der Waals surface area contributed by atoms with Gasteiger partial charge in [-0.25, -0.2) is 4.98 Å². The number of aryl methyl sites for hydroxylation is 1. The van der Waals surface area contributed by atoms with Gasteiger partial charge in [-0.15, -0.1) is 0 Å². The predicted molar refractivity (Wildman–Crippen MR) is 103 cm³/mol. The summed E-state index contributed by atoms with van der Waals surface area (Å²) in [4.78, 5) is 12.8. The molecule has 0 aliphatic rings. The van der Waals surface area contributed by atoms with E-state index in [9.17, 15) is 0 Å². The third kappa shape index (κ3) is 3.62. The molecule has 0 bridgehead atoms. The lowest BCUT2D eigenvalue weighted by Crippen LogP contribution is -1.97. The Hall–Kier alpha value is -3.47. The van der Waals surface area contributed by atoms with Crippen molar-refractivity contribution < 1.29 is 4.74 Å². The molecule has 3 heterocycles. The maximum atomic E-state index is 5.89. The molecule has 0 fully saturated rings. The van der Waals surface area contributed by atoms with Crippen LogP contribution < -0.4 is 10.1 Å². The molecule has 0 atom stereocenters.